The number of hydrogen-bond donors (Lipinski definition) is 2. The lowest BCUT2D eigenvalue weighted by Gasteiger charge is -2.28. The summed E-state index contributed by atoms with van der Waals surface area (Å²) in [5.74, 6) is -0.355. The molecule has 2 aromatic heterocycles. The number of benzene rings is 1. The highest BCUT2D eigenvalue weighted by atomic mass is 35.5. The quantitative estimate of drug-likeness (QED) is 0.671. The molecule has 1 amide bonds. The van der Waals surface area contributed by atoms with Gasteiger partial charge >= 0.3 is 0 Å². The molecule has 29 heavy (non-hydrogen) atoms. The molecule has 0 spiro atoms. The maximum atomic E-state index is 12.6. The topological polar surface area (TPSA) is 89.3 Å². The number of aliphatic hydroxyl groups excluding tert-OH is 1. The Morgan fingerprint density at radius 3 is 2.90 bits per heavy atom. The van der Waals surface area contributed by atoms with Gasteiger partial charge in [-0.25, -0.2) is 9.67 Å². The molecule has 0 saturated carbocycles. The van der Waals surface area contributed by atoms with Gasteiger partial charge in [0.15, 0.2) is 0 Å². The van der Waals surface area contributed by atoms with Crippen molar-refractivity contribution in [3.05, 3.63) is 76.8 Å². The molecule has 2 N–H and O–H groups in total. The highest BCUT2D eigenvalue weighted by Gasteiger charge is 2.26. The summed E-state index contributed by atoms with van der Waals surface area (Å²) < 4.78 is 7.11. The van der Waals surface area contributed by atoms with Gasteiger partial charge in [-0.3, -0.25) is 4.79 Å². The van der Waals surface area contributed by atoms with Crippen LogP contribution in [0.5, 0.6) is 0 Å². The first kappa shape index (κ1) is 19.6. The molecule has 1 aliphatic rings. The van der Waals surface area contributed by atoms with Crippen LogP contribution in [-0.2, 0) is 11.2 Å². The van der Waals surface area contributed by atoms with E-state index in [1.165, 1.54) is 6.20 Å². The monoisotopic (exact) mass is 412 g/mol. The van der Waals surface area contributed by atoms with Gasteiger partial charge in [0.25, 0.3) is 5.91 Å². The summed E-state index contributed by atoms with van der Waals surface area (Å²) >= 11 is 6.31. The van der Waals surface area contributed by atoms with Crippen LogP contribution in [-0.4, -0.2) is 51.1 Å². The molecule has 1 saturated heterocycles. The van der Waals surface area contributed by atoms with Crippen molar-refractivity contribution in [3.63, 3.8) is 0 Å². The van der Waals surface area contributed by atoms with Gasteiger partial charge < -0.3 is 15.2 Å². The Bertz CT molecular complexity index is 976. The molecule has 4 rings (SSSR count). The van der Waals surface area contributed by atoms with E-state index < -0.39 is 12.1 Å². The average molecular weight is 413 g/mol. The SMILES string of the molecule is O=C(N[C@H]1COCC[C@@H]1O)c1cc(Cc2ccc(-n3cccn3)cc2)c(Cl)cn1. The van der Waals surface area contributed by atoms with Crippen LogP contribution >= 0.6 is 11.6 Å². The second-order valence-electron chi connectivity index (χ2n) is 6.97. The summed E-state index contributed by atoms with van der Waals surface area (Å²) in [5, 5.41) is 17.5. The van der Waals surface area contributed by atoms with Gasteiger partial charge in [-0.2, -0.15) is 5.10 Å². The lowest BCUT2D eigenvalue weighted by Crippen LogP contribution is -2.49. The van der Waals surface area contributed by atoms with Crippen LogP contribution < -0.4 is 5.32 Å². The van der Waals surface area contributed by atoms with Gasteiger partial charge in [-0.15, -0.1) is 0 Å². The van der Waals surface area contributed by atoms with Gasteiger partial charge in [0, 0.05) is 25.2 Å². The molecule has 8 heteroatoms. The lowest BCUT2D eigenvalue weighted by molar-refractivity contribution is -0.0140. The second-order valence-corrected chi connectivity index (χ2v) is 7.37. The molecule has 1 fully saturated rings. The van der Waals surface area contributed by atoms with E-state index >= 15 is 0 Å². The van der Waals surface area contributed by atoms with Crippen LogP contribution in [0.3, 0.4) is 0 Å². The number of halogens is 1. The zero-order valence-corrected chi connectivity index (χ0v) is 16.4. The van der Waals surface area contributed by atoms with E-state index in [9.17, 15) is 9.90 Å². The summed E-state index contributed by atoms with van der Waals surface area (Å²) in [6, 6.07) is 11.1. The largest absolute Gasteiger partial charge is 0.391 e. The Kier molecular flexibility index (Phi) is 5.89. The summed E-state index contributed by atoms with van der Waals surface area (Å²) in [4.78, 5) is 16.7. The zero-order valence-electron chi connectivity index (χ0n) is 15.7. The standard InChI is InChI=1S/C21H21ClN4O3/c22-17-12-23-18(21(28)25-19-13-29-9-6-20(19)27)11-15(17)10-14-2-4-16(5-3-14)26-8-1-7-24-26/h1-5,7-8,11-12,19-20,27H,6,9-10,13H2,(H,25,28)/t19-,20-/m0/s1. The van der Waals surface area contributed by atoms with Crippen LogP contribution in [0.15, 0.2) is 55.0 Å². The molecule has 0 radical (unpaired) electrons. The van der Waals surface area contributed by atoms with Crippen molar-refractivity contribution in [1.82, 2.24) is 20.1 Å². The van der Waals surface area contributed by atoms with Crippen LogP contribution in [0, 0.1) is 0 Å². The molecule has 2 atom stereocenters. The zero-order chi connectivity index (χ0) is 20.2. The van der Waals surface area contributed by atoms with Crippen LogP contribution in [0.25, 0.3) is 5.69 Å². The maximum absolute atomic E-state index is 12.6. The minimum Gasteiger partial charge on any atom is -0.391 e. The highest BCUT2D eigenvalue weighted by molar-refractivity contribution is 6.31. The van der Waals surface area contributed by atoms with Gasteiger partial charge in [0.2, 0.25) is 0 Å². The summed E-state index contributed by atoms with van der Waals surface area (Å²) in [5.41, 5.74) is 3.08. The highest BCUT2D eigenvalue weighted by Crippen LogP contribution is 2.21. The molecular formula is C21H21ClN4O3. The number of aromatic nitrogens is 3. The van der Waals surface area contributed by atoms with E-state index in [4.69, 9.17) is 16.3 Å². The molecule has 7 nitrogen and oxygen atoms in total. The smallest absolute Gasteiger partial charge is 0.270 e. The van der Waals surface area contributed by atoms with Crippen molar-refractivity contribution in [3.8, 4) is 5.69 Å². The molecule has 0 unspecified atom stereocenters. The number of pyridine rings is 1. The van der Waals surface area contributed by atoms with Crippen molar-refractivity contribution in [2.75, 3.05) is 13.2 Å². The van der Waals surface area contributed by atoms with Crippen molar-refractivity contribution in [2.24, 2.45) is 0 Å². The minimum atomic E-state index is -0.618. The number of nitrogens with one attached hydrogen (secondary N) is 1. The third kappa shape index (κ3) is 4.64. The fraction of sp³-hybridized carbons (Fsp3) is 0.286. The molecule has 1 aliphatic heterocycles. The van der Waals surface area contributed by atoms with E-state index in [0.717, 1.165) is 16.8 Å². The first-order valence-electron chi connectivity index (χ1n) is 9.40. The number of nitrogens with zero attached hydrogens (tertiary/aromatic N) is 3. The van der Waals surface area contributed by atoms with E-state index in [-0.39, 0.29) is 18.2 Å². The van der Waals surface area contributed by atoms with Crippen LogP contribution in [0.2, 0.25) is 5.02 Å². The van der Waals surface area contributed by atoms with Gasteiger partial charge in [-0.1, -0.05) is 23.7 Å². The van der Waals surface area contributed by atoms with E-state index in [1.807, 2.05) is 36.5 Å². The average Bonchev–Trinajstić information content (AvgIpc) is 3.27. The van der Waals surface area contributed by atoms with E-state index in [2.05, 4.69) is 15.4 Å². The Morgan fingerprint density at radius 1 is 1.34 bits per heavy atom. The van der Waals surface area contributed by atoms with Crippen LogP contribution in [0.1, 0.15) is 28.0 Å². The summed E-state index contributed by atoms with van der Waals surface area (Å²) in [6.45, 7) is 0.784. The Labute approximate surface area is 173 Å². The minimum absolute atomic E-state index is 0.260. The summed E-state index contributed by atoms with van der Waals surface area (Å²) in [7, 11) is 0. The fourth-order valence-corrected chi connectivity index (χ4v) is 3.43. The molecule has 0 aliphatic carbocycles. The van der Waals surface area contributed by atoms with E-state index in [1.54, 1.807) is 16.9 Å². The Morgan fingerprint density at radius 2 is 2.17 bits per heavy atom. The fourth-order valence-electron chi connectivity index (χ4n) is 3.25. The number of amides is 1. The Hall–Kier alpha value is -2.74. The van der Waals surface area contributed by atoms with Crippen molar-refractivity contribution in [1.29, 1.82) is 0 Å². The molecule has 1 aromatic carbocycles. The Balaban J connectivity index is 1.47. The predicted molar refractivity (Wildman–Crippen MR) is 108 cm³/mol. The lowest BCUT2D eigenvalue weighted by atomic mass is 10.0. The number of aliphatic hydroxyl groups is 1. The third-order valence-electron chi connectivity index (χ3n) is 4.90. The number of rotatable bonds is 5. The maximum Gasteiger partial charge on any atom is 0.270 e. The van der Waals surface area contributed by atoms with Crippen molar-refractivity contribution < 1.29 is 14.6 Å². The molecule has 0 bridgehead atoms. The number of carbonyl (C=O) groups is 1. The van der Waals surface area contributed by atoms with Crippen LogP contribution in [0.4, 0.5) is 0 Å². The van der Waals surface area contributed by atoms with Gasteiger partial charge in [-0.05, 0) is 48.2 Å². The number of hydrogen-bond acceptors (Lipinski definition) is 5. The van der Waals surface area contributed by atoms with Crippen molar-refractivity contribution >= 4 is 17.5 Å². The molecule has 3 heterocycles. The normalized spacial score (nSPS) is 19.1. The van der Waals surface area contributed by atoms with Gasteiger partial charge in [0.1, 0.15) is 5.69 Å². The second kappa shape index (κ2) is 8.73. The number of carbonyl (C=O) groups excluding carboxylic acids is 1. The first-order valence-corrected chi connectivity index (χ1v) is 9.78. The van der Waals surface area contributed by atoms with Crippen molar-refractivity contribution in [2.45, 2.75) is 25.0 Å². The molecular weight excluding hydrogens is 392 g/mol. The molecule has 3 aromatic rings. The first-order chi connectivity index (χ1) is 14.1. The third-order valence-corrected chi connectivity index (χ3v) is 5.24. The summed E-state index contributed by atoms with van der Waals surface area (Å²) in [6.07, 6.45) is 5.55. The predicted octanol–water partition coefficient (Wildman–Crippen LogP) is 2.39. The molecule has 150 valence electrons. The number of ether oxygens (including phenoxy) is 1. The van der Waals surface area contributed by atoms with Gasteiger partial charge in [0.05, 0.1) is 29.5 Å². The van der Waals surface area contributed by atoms with E-state index in [0.29, 0.717) is 24.5 Å².